The van der Waals surface area contributed by atoms with Gasteiger partial charge in [-0.25, -0.2) is 0 Å². The van der Waals surface area contributed by atoms with Gasteiger partial charge in [-0.1, -0.05) is 5.16 Å². The van der Waals surface area contributed by atoms with E-state index in [4.69, 9.17) is 10.1 Å². The number of hydrogen-bond acceptors (Lipinski definition) is 5. The number of nitriles is 1. The molecule has 0 aromatic rings. The van der Waals surface area contributed by atoms with Crippen molar-refractivity contribution in [2.45, 2.75) is 70.6 Å². The zero-order chi connectivity index (χ0) is 15.9. The summed E-state index contributed by atoms with van der Waals surface area (Å²) in [7, 11) is 0. The number of rotatable bonds is 5. The molecular weight excluding hydrogens is 316 g/mol. The van der Waals surface area contributed by atoms with Crippen molar-refractivity contribution in [3.05, 3.63) is 0 Å². The quantitative estimate of drug-likeness (QED) is 0.614. The third kappa shape index (κ3) is 6.00. The Bertz CT molecular complexity index is 451. The number of amides is 1. The fourth-order valence-electron chi connectivity index (χ4n) is 3.08. The van der Waals surface area contributed by atoms with E-state index in [1.54, 1.807) is 4.90 Å². The number of halogens is 1. The number of hydrogen-bond donors (Lipinski definition) is 1. The molecule has 1 amide bonds. The number of carbonyl (C=O) groups excluding carboxylic acids is 1. The van der Waals surface area contributed by atoms with Crippen molar-refractivity contribution in [3.8, 4) is 6.07 Å². The Labute approximate surface area is 144 Å². The molecule has 1 aliphatic heterocycles. The maximum Gasteiger partial charge on any atom is 0.237 e. The van der Waals surface area contributed by atoms with Crippen molar-refractivity contribution in [3.63, 3.8) is 0 Å². The van der Waals surface area contributed by atoms with Gasteiger partial charge in [0.15, 0.2) is 0 Å². The van der Waals surface area contributed by atoms with Crippen molar-refractivity contribution in [1.82, 2.24) is 10.2 Å². The molecule has 2 fully saturated rings. The van der Waals surface area contributed by atoms with Crippen LogP contribution in [0.5, 0.6) is 0 Å². The van der Waals surface area contributed by atoms with Crippen LogP contribution < -0.4 is 5.32 Å². The fraction of sp³-hybridized carbons (Fsp3) is 0.812. The molecule has 1 N–H and O–H groups in total. The van der Waals surface area contributed by atoms with Crippen molar-refractivity contribution in [1.29, 1.82) is 5.26 Å². The van der Waals surface area contributed by atoms with E-state index in [0.29, 0.717) is 19.1 Å². The summed E-state index contributed by atoms with van der Waals surface area (Å²) >= 11 is 0. The van der Waals surface area contributed by atoms with E-state index in [2.05, 4.69) is 16.5 Å². The summed E-state index contributed by atoms with van der Waals surface area (Å²) < 4.78 is 0. The highest BCUT2D eigenvalue weighted by atomic mass is 35.5. The standard InChI is InChI=1S/C16H26N4O2.ClH/c1-12(2)19-22-15-7-5-13(6-8-15)18-11-16(21)20-9-3-4-14(20)10-17;/h13-15,18H,3-9,11H2,1-2H3;1H/t13?,14-,15?;/m0./s1. The van der Waals surface area contributed by atoms with Crippen LogP contribution in [-0.2, 0) is 9.63 Å². The van der Waals surface area contributed by atoms with Crippen LogP contribution in [0.25, 0.3) is 0 Å². The zero-order valence-corrected chi connectivity index (χ0v) is 14.8. The normalized spacial score (nSPS) is 26.8. The van der Waals surface area contributed by atoms with Gasteiger partial charge in [0.25, 0.3) is 0 Å². The summed E-state index contributed by atoms with van der Waals surface area (Å²) in [6.45, 7) is 4.89. The Morgan fingerprint density at radius 3 is 2.61 bits per heavy atom. The molecule has 2 rings (SSSR count). The third-order valence-electron chi connectivity index (χ3n) is 4.32. The van der Waals surface area contributed by atoms with E-state index in [1.807, 2.05) is 13.8 Å². The van der Waals surface area contributed by atoms with Crippen LogP contribution in [0.4, 0.5) is 0 Å². The van der Waals surface area contributed by atoms with Crippen LogP contribution >= 0.6 is 12.4 Å². The minimum Gasteiger partial charge on any atom is -0.393 e. The molecule has 0 bridgehead atoms. The van der Waals surface area contributed by atoms with E-state index in [9.17, 15) is 4.79 Å². The topological polar surface area (TPSA) is 77.7 Å². The smallest absolute Gasteiger partial charge is 0.237 e. The van der Waals surface area contributed by atoms with Crippen LogP contribution in [0.15, 0.2) is 5.16 Å². The van der Waals surface area contributed by atoms with Gasteiger partial charge in [-0.15, -0.1) is 12.4 Å². The highest BCUT2D eigenvalue weighted by Crippen LogP contribution is 2.22. The van der Waals surface area contributed by atoms with Crippen LogP contribution in [0, 0.1) is 11.3 Å². The van der Waals surface area contributed by atoms with Crippen LogP contribution in [-0.4, -0.2) is 47.8 Å². The molecule has 130 valence electrons. The lowest BCUT2D eigenvalue weighted by molar-refractivity contribution is -0.130. The molecule has 0 spiro atoms. The van der Waals surface area contributed by atoms with Crippen molar-refractivity contribution >= 4 is 24.0 Å². The molecule has 2 aliphatic rings. The molecule has 0 unspecified atom stereocenters. The monoisotopic (exact) mass is 342 g/mol. The second kappa shape index (κ2) is 9.74. The molecule has 1 heterocycles. The summed E-state index contributed by atoms with van der Waals surface area (Å²) in [5.41, 5.74) is 0.934. The lowest BCUT2D eigenvalue weighted by atomic mass is 9.93. The first-order chi connectivity index (χ1) is 10.6. The van der Waals surface area contributed by atoms with Gasteiger partial charge >= 0.3 is 0 Å². The molecule has 6 nitrogen and oxygen atoms in total. The number of nitrogens with one attached hydrogen (secondary N) is 1. The first-order valence-corrected chi connectivity index (χ1v) is 8.19. The van der Waals surface area contributed by atoms with E-state index in [-0.39, 0.29) is 30.5 Å². The van der Waals surface area contributed by atoms with E-state index in [1.165, 1.54) is 0 Å². The highest BCUT2D eigenvalue weighted by Gasteiger charge is 2.29. The predicted molar refractivity (Wildman–Crippen MR) is 91.5 cm³/mol. The van der Waals surface area contributed by atoms with Gasteiger partial charge in [-0.3, -0.25) is 4.79 Å². The molecule has 7 heteroatoms. The number of oxime groups is 1. The second-order valence-corrected chi connectivity index (χ2v) is 6.37. The van der Waals surface area contributed by atoms with Crippen molar-refractivity contribution in [2.24, 2.45) is 5.16 Å². The number of nitrogens with zero attached hydrogens (tertiary/aromatic N) is 3. The predicted octanol–water partition coefficient (Wildman–Crippen LogP) is 2.24. The number of carbonyl (C=O) groups is 1. The van der Waals surface area contributed by atoms with Gasteiger partial charge in [0.1, 0.15) is 12.1 Å². The maximum absolute atomic E-state index is 12.2. The van der Waals surface area contributed by atoms with Crippen LogP contribution in [0.2, 0.25) is 0 Å². The van der Waals surface area contributed by atoms with Crippen molar-refractivity contribution < 1.29 is 9.63 Å². The summed E-state index contributed by atoms with van der Waals surface area (Å²) in [6.07, 6.45) is 5.87. The Morgan fingerprint density at radius 1 is 1.30 bits per heavy atom. The van der Waals surface area contributed by atoms with Crippen molar-refractivity contribution in [2.75, 3.05) is 13.1 Å². The highest BCUT2D eigenvalue weighted by molar-refractivity contribution is 5.85. The first-order valence-electron chi connectivity index (χ1n) is 8.19. The van der Waals surface area contributed by atoms with Crippen LogP contribution in [0.3, 0.4) is 0 Å². The van der Waals surface area contributed by atoms with Gasteiger partial charge in [0.2, 0.25) is 5.91 Å². The summed E-state index contributed by atoms with van der Waals surface area (Å²) in [5.74, 6) is 0.0497. The van der Waals surface area contributed by atoms with Gasteiger partial charge < -0.3 is 15.1 Å². The fourth-order valence-corrected chi connectivity index (χ4v) is 3.08. The molecule has 0 aromatic heterocycles. The maximum atomic E-state index is 12.2. The Morgan fingerprint density at radius 2 is 2.00 bits per heavy atom. The molecule has 1 aliphatic carbocycles. The van der Waals surface area contributed by atoms with E-state index in [0.717, 1.165) is 44.2 Å². The second-order valence-electron chi connectivity index (χ2n) is 6.37. The Hall–Kier alpha value is -1.32. The number of likely N-dealkylation sites (tertiary alicyclic amines) is 1. The minimum absolute atomic E-state index is 0. The van der Waals surface area contributed by atoms with Gasteiger partial charge in [0.05, 0.1) is 18.3 Å². The van der Waals surface area contributed by atoms with E-state index >= 15 is 0 Å². The first kappa shape index (κ1) is 19.7. The third-order valence-corrected chi connectivity index (χ3v) is 4.32. The summed E-state index contributed by atoms with van der Waals surface area (Å²) in [6, 6.07) is 2.34. The average molecular weight is 343 g/mol. The summed E-state index contributed by atoms with van der Waals surface area (Å²) in [4.78, 5) is 19.4. The van der Waals surface area contributed by atoms with Crippen LogP contribution in [0.1, 0.15) is 52.4 Å². The lowest BCUT2D eigenvalue weighted by Crippen LogP contribution is -2.44. The average Bonchev–Trinajstić information content (AvgIpc) is 3.00. The van der Waals surface area contributed by atoms with Gasteiger partial charge in [-0.05, 0) is 52.4 Å². The largest absolute Gasteiger partial charge is 0.393 e. The molecule has 1 atom stereocenters. The van der Waals surface area contributed by atoms with E-state index < -0.39 is 0 Å². The molecule has 1 saturated carbocycles. The summed E-state index contributed by atoms with van der Waals surface area (Å²) in [5, 5.41) is 16.4. The minimum atomic E-state index is -0.228. The molecule has 0 radical (unpaired) electrons. The van der Waals surface area contributed by atoms with Gasteiger partial charge in [-0.2, -0.15) is 5.26 Å². The molecule has 0 aromatic carbocycles. The Kier molecular flexibility index (Phi) is 8.35. The van der Waals surface area contributed by atoms with Gasteiger partial charge in [0, 0.05) is 12.6 Å². The molecule has 1 saturated heterocycles. The zero-order valence-electron chi connectivity index (χ0n) is 14.0. The molecule has 23 heavy (non-hydrogen) atoms. The SMILES string of the molecule is CC(C)=NOC1CCC(NCC(=O)N2CCC[C@H]2C#N)CC1.Cl. The Balaban J connectivity index is 0.00000264. The lowest BCUT2D eigenvalue weighted by Gasteiger charge is -2.28. The molecular formula is C16H27ClN4O2.